The minimum atomic E-state index is -0.0376. The average Bonchev–Trinajstić information content (AvgIpc) is 3.07. The standard InChI is InChI=1S/C20H20N4O2/c1-11-8-13(9-12(2)18(11)26-3)19-21-6-5-16(24-19)17-10-14-15(23-17)4-7-22-20(14)25/h5-6,8-10,23H,4,7H2,1-3H3,(H,22,25). The molecule has 6 nitrogen and oxygen atoms in total. The number of aromatic amines is 1. The molecule has 0 unspecified atom stereocenters. The predicted molar refractivity (Wildman–Crippen MR) is 99.3 cm³/mol. The molecule has 132 valence electrons. The van der Waals surface area contributed by atoms with Crippen molar-refractivity contribution in [3.63, 3.8) is 0 Å². The summed E-state index contributed by atoms with van der Waals surface area (Å²) in [6.07, 6.45) is 2.54. The number of hydrogen-bond donors (Lipinski definition) is 2. The van der Waals surface area contributed by atoms with Gasteiger partial charge in [0.05, 0.1) is 24.1 Å². The molecule has 3 aromatic rings. The van der Waals surface area contributed by atoms with Gasteiger partial charge in [-0.2, -0.15) is 0 Å². The molecule has 0 atom stereocenters. The fraction of sp³-hybridized carbons (Fsp3) is 0.250. The van der Waals surface area contributed by atoms with E-state index < -0.39 is 0 Å². The van der Waals surface area contributed by atoms with Gasteiger partial charge < -0.3 is 15.0 Å². The van der Waals surface area contributed by atoms with Crippen LogP contribution in [0.2, 0.25) is 0 Å². The lowest BCUT2D eigenvalue weighted by molar-refractivity contribution is 0.0946. The zero-order chi connectivity index (χ0) is 18.3. The zero-order valence-electron chi connectivity index (χ0n) is 15.0. The van der Waals surface area contributed by atoms with Crippen molar-refractivity contribution in [1.82, 2.24) is 20.3 Å². The normalized spacial score (nSPS) is 13.3. The highest BCUT2D eigenvalue weighted by Gasteiger charge is 2.20. The van der Waals surface area contributed by atoms with Gasteiger partial charge in [0.1, 0.15) is 5.75 Å². The molecule has 26 heavy (non-hydrogen) atoms. The molecule has 3 heterocycles. The quantitative estimate of drug-likeness (QED) is 0.762. The largest absolute Gasteiger partial charge is 0.496 e. The summed E-state index contributed by atoms with van der Waals surface area (Å²) in [5.74, 6) is 1.49. The molecule has 0 radical (unpaired) electrons. The molecular formula is C20H20N4O2. The van der Waals surface area contributed by atoms with Gasteiger partial charge in [-0.3, -0.25) is 4.79 Å². The van der Waals surface area contributed by atoms with E-state index in [9.17, 15) is 4.79 Å². The Balaban J connectivity index is 1.75. The van der Waals surface area contributed by atoms with Gasteiger partial charge in [-0.15, -0.1) is 0 Å². The van der Waals surface area contributed by atoms with Gasteiger partial charge in [-0.1, -0.05) is 0 Å². The number of H-pyrrole nitrogens is 1. The van der Waals surface area contributed by atoms with E-state index in [0.717, 1.165) is 45.9 Å². The third-order valence-electron chi connectivity index (χ3n) is 4.66. The molecule has 0 aliphatic carbocycles. The van der Waals surface area contributed by atoms with Crippen molar-refractivity contribution < 1.29 is 9.53 Å². The predicted octanol–water partition coefficient (Wildman–Crippen LogP) is 3.05. The van der Waals surface area contributed by atoms with Gasteiger partial charge in [0.25, 0.3) is 5.91 Å². The van der Waals surface area contributed by atoms with Crippen molar-refractivity contribution in [2.45, 2.75) is 20.3 Å². The molecule has 1 aliphatic rings. The van der Waals surface area contributed by atoms with E-state index in [2.05, 4.69) is 15.3 Å². The highest BCUT2D eigenvalue weighted by atomic mass is 16.5. The number of ether oxygens (including phenoxy) is 1. The van der Waals surface area contributed by atoms with Crippen molar-refractivity contribution in [2.75, 3.05) is 13.7 Å². The van der Waals surface area contributed by atoms with Crippen LogP contribution in [0.3, 0.4) is 0 Å². The topological polar surface area (TPSA) is 79.9 Å². The minimum Gasteiger partial charge on any atom is -0.496 e. The van der Waals surface area contributed by atoms with E-state index in [0.29, 0.717) is 17.9 Å². The van der Waals surface area contributed by atoms with E-state index in [-0.39, 0.29) is 5.91 Å². The van der Waals surface area contributed by atoms with Crippen molar-refractivity contribution in [1.29, 1.82) is 0 Å². The van der Waals surface area contributed by atoms with E-state index in [1.165, 1.54) is 0 Å². The van der Waals surface area contributed by atoms with E-state index in [1.54, 1.807) is 13.3 Å². The first-order valence-electron chi connectivity index (χ1n) is 8.56. The molecule has 2 N–H and O–H groups in total. The lowest BCUT2D eigenvalue weighted by Crippen LogP contribution is -2.31. The van der Waals surface area contributed by atoms with Crippen LogP contribution in [0.4, 0.5) is 0 Å². The van der Waals surface area contributed by atoms with E-state index >= 15 is 0 Å². The number of aromatic nitrogens is 3. The number of fused-ring (bicyclic) bond motifs is 1. The van der Waals surface area contributed by atoms with E-state index in [4.69, 9.17) is 9.72 Å². The number of nitrogens with zero attached hydrogens (tertiary/aromatic N) is 2. The number of carbonyl (C=O) groups excluding carboxylic acids is 1. The van der Waals surface area contributed by atoms with E-state index in [1.807, 2.05) is 38.1 Å². The molecule has 1 aromatic carbocycles. The van der Waals surface area contributed by atoms with Gasteiger partial charge >= 0.3 is 0 Å². The van der Waals surface area contributed by atoms with Crippen LogP contribution in [0.25, 0.3) is 22.8 Å². The Morgan fingerprint density at radius 1 is 1.15 bits per heavy atom. The number of amides is 1. The highest BCUT2D eigenvalue weighted by Crippen LogP contribution is 2.29. The van der Waals surface area contributed by atoms with Crippen LogP contribution in [0.15, 0.2) is 30.5 Å². The van der Waals surface area contributed by atoms with Crippen LogP contribution in [0, 0.1) is 13.8 Å². The maximum atomic E-state index is 12.0. The summed E-state index contributed by atoms with van der Waals surface area (Å²) in [7, 11) is 1.68. The van der Waals surface area contributed by atoms with Crippen molar-refractivity contribution in [3.8, 4) is 28.5 Å². The first kappa shape index (κ1) is 16.3. The Kier molecular flexibility index (Phi) is 3.95. The summed E-state index contributed by atoms with van der Waals surface area (Å²) in [6.45, 7) is 4.68. The maximum Gasteiger partial charge on any atom is 0.253 e. The molecule has 4 rings (SSSR count). The number of nitrogens with one attached hydrogen (secondary N) is 2. The second-order valence-corrected chi connectivity index (χ2v) is 6.49. The summed E-state index contributed by atoms with van der Waals surface area (Å²) in [5, 5.41) is 2.86. The third kappa shape index (κ3) is 2.73. The molecule has 1 aliphatic heterocycles. The third-order valence-corrected chi connectivity index (χ3v) is 4.66. The van der Waals surface area contributed by atoms with Gasteiger partial charge in [0.15, 0.2) is 5.82 Å². The second-order valence-electron chi connectivity index (χ2n) is 6.49. The van der Waals surface area contributed by atoms with Crippen LogP contribution in [0.5, 0.6) is 5.75 Å². The van der Waals surface area contributed by atoms with Crippen LogP contribution >= 0.6 is 0 Å². The Bertz CT molecular complexity index is 984. The smallest absolute Gasteiger partial charge is 0.253 e. The molecule has 0 saturated heterocycles. The average molecular weight is 348 g/mol. The number of carbonyl (C=O) groups is 1. The van der Waals surface area contributed by atoms with Gasteiger partial charge in [-0.05, 0) is 49.2 Å². The fourth-order valence-corrected chi connectivity index (χ4v) is 3.48. The van der Waals surface area contributed by atoms with Crippen molar-refractivity contribution >= 4 is 5.91 Å². The molecule has 6 heteroatoms. The number of benzene rings is 1. The number of methoxy groups -OCH3 is 1. The Labute approximate surface area is 151 Å². The Morgan fingerprint density at radius 3 is 2.62 bits per heavy atom. The Hall–Kier alpha value is -3.15. The van der Waals surface area contributed by atoms with Gasteiger partial charge in [0.2, 0.25) is 0 Å². The molecular weight excluding hydrogens is 328 g/mol. The molecule has 0 bridgehead atoms. The van der Waals surface area contributed by atoms with Gasteiger partial charge in [0, 0.05) is 30.4 Å². The number of hydrogen-bond acceptors (Lipinski definition) is 4. The summed E-state index contributed by atoms with van der Waals surface area (Å²) in [6, 6.07) is 7.76. The summed E-state index contributed by atoms with van der Waals surface area (Å²) in [4.78, 5) is 24.4. The monoisotopic (exact) mass is 348 g/mol. The summed E-state index contributed by atoms with van der Waals surface area (Å²) >= 11 is 0. The van der Waals surface area contributed by atoms with Crippen LogP contribution < -0.4 is 10.1 Å². The Morgan fingerprint density at radius 2 is 1.92 bits per heavy atom. The maximum absolute atomic E-state index is 12.0. The number of aryl methyl sites for hydroxylation is 2. The lowest BCUT2D eigenvalue weighted by atomic mass is 10.0. The fourth-order valence-electron chi connectivity index (χ4n) is 3.48. The SMILES string of the molecule is COc1c(C)cc(-c2nccc(-c3cc4c([nH]3)CCNC4=O)n2)cc1C. The first-order chi connectivity index (χ1) is 12.6. The van der Waals surface area contributed by atoms with Crippen LogP contribution in [0.1, 0.15) is 27.2 Å². The molecule has 0 spiro atoms. The molecule has 2 aromatic heterocycles. The van der Waals surface area contributed by atoms with Crippen molar-refractivity contribution in [2.24, 2.45) is 0 Å². The molecule has 0 saturated carbocycles. The lowest BCUT2D eigenvalue weighted by Gasteiger charge is -2.11. The summed E-state index contributed by atoms with van der Waals surface area (Å²) < 4.78 is 5.43. The summed E-state index contributed by atoms with van der Waals surface area (Å²) in [5.41, 5.74) is 6.28. The van der Waals surface area contributed by atoms with Crippen LogP contribution in [-0.2, 0) is 6.42 Å². The van der Waals surface area contributed by atoms with Gasteiger partial charge in [-0.25, -0.2) is 9.97 Å². The molecule has 1 amide bonds. The zero-order valence-corrected chi connectivity index (χ0v) is 15.0. The highest BCUT2D eigenvalue weighted by molar-refractivity contribution is 5.97. The van der Waals surface area contributed by atoms with Crippen molar-refractivity contribution in [3.05, 3.63) is 52.8 Å². The first-order valence-corrected chi connectivity index (χ1v) is 8.56. The van der Waals surface area contributed by atoms with Crippen LogP contribution in [-0.4, -0.2) is 34.5 Å². The second kappa shape index (κ2) is 6.29. The number of rotatable bonds is 3. The molecule has 0 fully saturated rings. The minimum absolute atomic E-state index is 0.0376.